The zero-order valence-corrected chi connectivity index (χ0v) is 9.11. The summed E-state index contributed by atoms with van der Waals surface area (Å²) in [6, 6.07) is 0.767. The minimum Gasteiger partial charge on any atom is -0.328 e. The van der Waals surface area contributed by atoms with E-state index in [4.69, 9.17) is 5.53 Å². The number of hydrogen-bond acceptors (Lipinski definition) is 2. The molecule has 0 spiro atoms. The number of H-pyrrole nitrogens is 1. The molecule has 8 heteroatoms. The van der Waals surface area contributed by atoms with E-state index in [1.54, 1.807) is 6.08 Å². The quantitative estimate of drug-likeness (QED) is 0.383. The van der Waals surface area contributed by atoms with Gasteiger partial charge in [-0.2, -0.15) is 13.2 Å². The minimum atomic E-state index is -4.68. The zero-order chi connectivity index (χ0) is 13.6. The van der Waals surface area contributed by atoms with E-state index < -0.39 is 17.3 Å². The fourth-order valence-electron chi connectivity index (χ4n) is 1.20. The molecular formula is C10H9F3N4O. The Bertz CT molecular complexity index is 541. The summed E-state index contributed by atoms with van der Waals surface area (Å²) in [5.74, 6) is 0. The van der Waals surface area contributed by atoms with Gasteiger partial charge in [0, 0.05) is 17.7 Å². The first-order valence-electron chi connectivity index (χ1n) is 4.92. The summed E-state index contributed by atoms with van der Waals surface area (Å²) < 4.78 is 37.3. The maximum atomic E-state index is 12.4. The van der Waals surface area contributed by atoms with Crippen LogP contribution < -0.4 is 5.56 Å². The number of aromatic amines is 1. The molecule has 0 aliphatic rings. The van der Waals surface area contributed by atoms with Gasteiger partial charge in [0.15, 0.2) is 0 Å². The molecule has 1 aromatic rings. The van der Waals surface area contributed by atoms with Crippen LogP contribution in [0.3, 0.4) is 0 Å². The molecule has 1 N–H and O–H groups in total. The van der Waals surface area contributed by atoms with Crippen molar-refractivity contribution in [2.45, 2.75) is 12.6 Å². The predicted octanol–water partition coefficient (Wildman–Crippen LogP) is 3.11. The monoisotopic (exact) mass is 258 g/mol. The van der Waals surface area contributed by atoms with Crippen LogP contribution >= 0.6 is 0 Å². The van der Waals surface area contributed by atoms with E-state index in [2.05, 4.69) is 10.0 Å². The molecule has 1 heterocycles. The van der Waals surface area contributed by atoms with E-state index in [1.807, 2.05) is 4.98 Å². The Hall–Kier alpha value is -2.21. The Labute approximate surface area is 99.6 Å². The van der Waals surface area contributed by atoms with E-state index in [-0.39, 0.29) is 12.1 Å². The molecule has 1 aromatic heterocycles. The summed E-state index contributed by atoms with van der Waals surface area (Å²) in [4.78, 5) is 15.5. The number of alkyl halides is 3. The molecule has 0 aromatic carbocycles. The summed E-state index contributed by atoms with van der Waals surface area (Å²) >= 11 is 0. The Morgan fingerprint density at radius 1 is 1.50 bits per heavy atom. The third-order valence-electron chi connectivity index (χ3n) is 2.00. The number of nitrogens with zero attached hydrogens (tertiary/aromatic N) is 3. The Kier molecular flexibility index (Phi) is 4.56. The number of halogens is 3. The SMILES string of the molecule is [N-]=[N+]=NCCC=Cc1c[nH]c(=O)c(C(F)(F)F)c1. The summed E-state index contributed by atoms with van der Waals surface area (Å²) in [6.45, 7) is 0.225. The van der Waals surface area contributed by atoms with Gasteiger partial charge in [-0.3, -0.25) is 4.79 Å². The molecule has 0 fully saturated rings. The molecule has 0 saturated heterocycles. The molecule has 0 bridgehead atoms. The lowest BCUT2D eigenvalue weighted by atomic mass is 10.2. The molecule has 5 nitrogen and oxygen atoms in total. The van der Waals surface area contributed by atoms with Gasteiger partial charge in [-0.15, -0.1) is 0 Å². The normalized spacial score (nSPS) is 11.5. The summed E-state index contributed by atoms with van der Waals surface area (Å²) in [7, 11) is 0. The van der Waals surface area contributed by atoms with Crippen molar-refractivity contribution in [2.24, 2.45) is 5.11 Å². The minimum absolute atomic E-state index is 0.225. The highest BCUT2D eigenvalue weighted by Gasteiger charge is 2.33. The first-order chi connectivity index (χ1) is 8.45. The van der Waals surface area contributed by atoms with Crippen LogP contribution in [0, 0.1) is 0 Å². The molecule has 1 rings (SSSR count). The van der Waals surface area contributed by atoms with Gasteiger partial charge in [0.1, 0.15) is 5.56 Å². The highest BCUT2D eigenvalue weighted by molar-refractivity contribution is 5.49. The molecular weight excluding hydrogens is 249 g/mol. The Balaban J connectivity index is 2.86. The molecule has 0 unspecified atom stereocenters. The van der Waals surface area contributed by atoms with Gasteiger partial charge < -0.3 is 4.98 Å². The van der Waals surface area contributed by atoms with Gasteiger partial charge in [0.2, 0.25) is 0 Å². The van der Waals surface area contributed by atoms with Gasteiger partial charge in [-0.05, 0) is 23.6 Å². The third kappa shape index (κ3) is 3.99. The number of rotatable bonds is 4. The average Bonchev–Trinajstić information content (AvgIpc) is 2.29. The lowest BCUT2D eigenvalue weighted by Gasteiger charge is -2.05. The number of azide groups is 1. The second kappa shape index (κ2) is 5.92. The van der Waals surface area contributed by atoms with Crippen LogP contribution in [0.2, 0.25) is 0 Å². The van der Waals surface area contributed by atoms with E-state index in [9.17, 15) is 18.0 Å². The van der Waals surface area contributed by atoms with Crippen molar-refractivity contribution < 1.29 is 13.2 Å². The van der Waals surface area contributed by atoms with Crippen molar-refractivity contribution in [2.75, 3.05) is 6.54 Å². The molecule has 0 radical (unpaired) electrons. The van der Waals surface area contributed by atoms with Crippen LogP contribution in [0.25, 0.3) is 16.5 Å². The molecule has 18 heavy (non-hydrogen) atoms. The van der Waals surface area contributed by atoms with Gasteiger partial charge >= 0.3 is 6.18 Å². The van der Waals surface area contributed by atoms with Crippen molar-refractivity contribution in [1.82, 2.24) is 4.98 Å². The number of nitrogens with one attached hydrogen (secondary N) is 1. The van der Waals surface area contributed by atoms with Crippen molar-refractivity contribution in [3.05, 3.63) is 50.3 Å². The van der Waals surface area contributed by atoms with Crippen LogP contribution in [0.4, 0.5) is 13.2 Å². The molecule has 0 aliphatic heterocycles. The second-order valence-corrected chi connectivity index (χ2v) is 3.32. The van der Waals surface area contributed by atoms with Crippen molar-refractivity contribution in [3.8, 4) is 0 Å². The molecule has 0 amide bonds. The maximum absolute atomic E-state index is 12.4. The smallest absolute Gasteiger partial charge is 0.328 e. The fraction of sp³-hybridized carbons (Fsp3) is 0.300. The van der Waals surface area contributed by atoms with Gasteiger partial charge in [0.25, 0.3) is 5.56 Å². The second-order valence-electron chi connectivity index (χ2n) is 3.32. The Morgan fingerprint density at radius 2 is 2.22 bits per heavy atom. The summed E-state index contributed by atoms with van der Waals surface area (Å²) in [6.07, 6.45) is -0.116. The highest BCUT2D eigenvalue weighted by atomic mass is 19.4. The lowest BCUT2D eigenvalue weighted by molar-refractivity contribution is -0.138. The maximum Gasteiger partial charge on any atom is 0.421 e. The van der Waals surface area contributed by atoms with Gasteiger partial charge in [-0.25, -0.2) is 0 Å². The largest absolute Gasteiger partial charge is 0.421 e. The zero-order valence-electron chi connectivity index (χ0n) is 9.11. The van der Waals surface area contributed by atoms with E-state index in [1.165, 1.54) is 12.3 Å². The van der Waals surface area contributed by atoms with Crippen LogP contribution in [0.5, 0.6) is 0 Å². The van der Waals surface area contributed by atoms with Crippen LogP contribution in [-0.2, 0) is 6.18 Å². The van der Waals surface area contributed by atoms with Crippen molar-refractivity contribution in [3.63, 3.8) is 0 Å². The van der Waals surface area contributed by atoms with Gasteiger partial charge in [0.05, 0.1) is 0 Å². The number of hydrogen-bond donors (Lipinski definition) is 1. The summed E-state index contributed by atoms with van der Waals surface area (Å²) in [5, 5.41) is 3.27. The molecule has 0 saturated carbocycles. The van der Waals surface area contributed by atoms with Crippen molar-refractivity contribution in [1.29, 1.82) is 0 Å². The van der Waals surface area contributed by atoms with E-state index in [0.717, 1.165) is 6.07 Å². The average molecular weight is 258 g/mol. The van der Waals surface area contributed by atoms with E-state index in [0.29, 0.717) is 6.42 Å². The van der Waals surface area contributed by atoms with Crippen LogP contribution in [0.1, 0.15) is 17.5 Å². The number of aromatic nitrogens is 1. The molecule has 0 atom stereocenters. The molecule has 96 valence electrons. The lowest BCUT2D eigenvalue weighted by Crippen LogP contribution is -2.21. The highest BCUT2D eigenvalue weighted by Crippen LogP contribution is 2.26. The fourth-order valence-corrected chi connectivity index (χ4v) is 1.20. The number of pyridine rings is 1. The Morgan fingerprint density at radius 3 is 2.83 bits per heavy atom. The van der Waals surface area contributed by atoms with E-state index >= 15 is 0 Å². The predicted molar refractivity (Wildman–Crippen MR) is 59.7 cm³/mol. The summed E-state index contributed by atoms with van der Waals surface area (Å²) in [5.41, 5.74) is 5.82. The van der Waals surface area contributed by atoms with Crippen LogP contribution in [0.15, 0.2) is 28.2 Å². The molecule has 0 aliphatic carbocycles. The first kappa shape index (κ1) is 13.9. The first-order valence-corrected chi connectivity index (χ1v) is 4.92. The van der Waals surface area contributed by atoms with Gasteiger partial charge in [-0.1, -0.05) is 17.3 Å². The van der Waals surface area contributed by atoms with Crippen molar-refractivity contribution >= 4 is 6.08 Å². The standard InChI is InChI=1S/C10H9F3N4O/c11-10(12,13)8-5-7(6-15-9(8)18)3-1-2-4-16-17-14/h1,3,5-6H,2,4H2,(H,15,18). The van der Waals surface area contributed by atoms with Crippen LogP contribution in [-0.4, -0.2) is 11.5 Å². The third-order valence-corrected chi connectivity index (χ3v) is 2.00. The topological polar surface area (TPSA) is 81.6 Å².